The van der Waals surface area contributed by atoms with Gasteiger partial charge in [-0.2, -0.15) is 0 Å². The van der Waals surface area contributed by atoms with Crippen molar-refractivity contribution in [3.8, 4) is 0 Å². The summed E-state index contributed by atoms with van der Waals surface area (Å²) in [6, 6.07) is 0. The minimum absolute atomic E-state index is 0.00677. The smallest absolute Gasteiger partial charge is 0.277 e. The Balaban J connectivity index is 2.47. The maximum absolute atomic E-state index is 11.3. The number of nitrogens with zero attached hydrogens (tertiary/aromatic N) is 2. The Kier molecular flexibility index (Phi) is 3.41. The van der Waals surface area contributed by atoms with Gasteiger partial charge in [0, 0.05) is 13.2 Å². The van der Waals surface area contributed by atoms with Crippen LogP contribution in [0.25, 0.3) is 0 Å². The van der Waals surface area contributed by atoms with Crippen molar-refractivity contribution < 1.29 is 14.5 Å². The minimum atomic E-state index is -0.455. The van der Waals surface area contributed by atoms with Crippen molar-refractivity contribution in [2.45, 2.75) is 6.92 Å². The molecule has 1 rings (SSSR count). The predicted octanol–water partition coefficient (Wildman–Crippen LogP) is -0.990. The molecule has 0 aliphatic heterocycles. The van der Waals surface area contributed by atoms with E-state index in [2.05, 4.69) is 20.3 Å². The SMILES string of the molecule is CC(CO)CNC(=O)c1nonc1N. The molecule has 0 saturated carbocycles. The molecule has 7 heteroatoms. The monoisotopic (exact) mass is 200 g/mol. The third-order valence-corrected chi connectivity index (χ3v) is 1.65. The molecule has 1 atom stereocenters. The van der Waals surface area contributed by atoms with Crippen LogP contribution >= 0.6 is 0 Å². The Hall–Kier alpha value is -1.63. The molecule has 0 bridgehead atoms. The molecular formula is C7H12N4O3. The lowest BCUT2D eigenvalue weighted by Crippen LogP contribution is -2.30. The van der Waals surface area contributed by atoms with Gasteiger partial charge >= 0.3 is 0 Å². The number of rotatable bonds is 4. The first-order valence-corrected chi connectivity index (χ1v) is 4.12. The number of anilines is 1. The summed E-state index contributed by atoms with van der Waals surface area (Å²) in [7, 11) is 0. The van der Waals surface area contributed by atoms with Crippen LogP contribution < -0.4 is 11.1 Å². The number of carbonyl (C=O) groups excluding carboxylic acids is 1. The summed E-state index contributed by atoms with van der Waals surface area (Å²) in [4.78, 5) is 11.3. The highest BCUT2D eigenvalue weighted by Crippen LogP contribution is 2.03. The molecule has 0 aliphatic carbocycles. The van der Waals surface area contributed by atoms with Gasteiger partial charge in [0.1, 0.15) is 0 Å². The van der Waals surface area contributed by atoms with E-state index in [9.17, 15) is 4.79 Å². The second kappa shape index (κ2) is 4.56. The highest BCUT2D eigenvalue weighted by Gasteiger charge is 2.15. The van der Waals surface area contributed by atoms with Crippen LogP contribution in [0, 0.1) is 5.92 Å². The highest BCUT2D eigenvalue weighted by atomic mass is 16.6. The third-order valence-electron chi connectivity index (χ3n) is 1.65. The largest absolute Gasteiger partial charge is 0.396 e. The lowest BCUT2D eigenvalue weighted by atomic mass is 10.2. The number of carbonyl (C=O) groups is 1. The van der Waals surface area contributed by atoms with E-state index in [-0.39, 0.29) is 24.0 Å². The molecule has 1 aromatic rings. The molecule has 14 heavy (non-hydrogen) atoms. The molecule has 1 amide bonds. The maximum atomic E-state index is 11.3. The van der Waals surface area contributed by atoms with Gasteiger partial charge in [-0.25, -0.2) is 4.63 Å². The van der Waals surface area contributed by atoms with Crippen molar-refractivity contribution >= 4 is 11.7 Å². The Labute approximate surface area is 80.2 Å². The molecule has 7 nitrogen and oxygen atoms in total. The maximum Gasteiger partial charge on any atom is 0.277 e. The standard InChI is InChI=1S/C7H12N4O3/c1-4(3-12)2-9-7(13)5-6(8)11-14-10-5/h4,12H,2-3H2,1H3,(H2,8,11)(H,9,13). The quantitative estimate of drug-likeness (QED) is 0.575. The normalized spacial score (nSPS) is 12.4. The number of amides is 1. The first-order valence-electron chi connectivity index (χ1n) is 4.12. The first kappa shape index (κ1) is 10.5. The number of aliphatic hydroxyl groups is 1. The van der Waals surface area contributed by atoms with Crippen molar-refractivity contribution in [2.75, 3.05) is 18.9 Å². The number of aromatic nitrogens is 2. The topological polar surface area (TPSA) is 114 Å². The number of aliphatic hydroxyl groups excluding tert-OH is 1. The number of hydrogen-bond donors (Lipinski definition) is 3. The second-order valence-electron chi connectivity index (χ2n) is 3.00. The lowest BCUT2D eigenvalue weighted by Gasteiger charge is -2.07. The van der Waals surface area contributed by atoms with Crippen molar-refractivity contribution in [3.63, 3.8) is 0 Å². The van der Waals surface area contributed by atoms with Crippen LogP contribution in [0.3, 0.4) is 0 Å². The molecular weight excluding hydrogens is 188 g/mol. The molecule has 78 valence electrons. The fourth-order valence-corrected chi connectivity index (χ4v) is 0.768. The molecule has 1 heterocycles. The molecule has 1 unspecified atom stereocenters. The van der Waals surface area contributed by atoms with E-state index in [0.717, 1.165) is 0 Å². The Morgan fingerprint density at radius 1 is 1.71 bits per heavy atom. The van der Waals surface area contributed by atoms with Gasteiger partial charge < -0.3 is 16.2 Å². The van der Waals surface area contributed by atoms with Crippen molar-refractivity contribution in [1.29, 1.82) is 0 Å². The number of nitrogen functional groups attached to an aromatic ring is 1. The molecule has 0 aromatic carbocycles. The van der Waals surface area contributed by atoms with E-state index in [0.29, 0.717) is 6.54 Å². The van der Waals surface area contributed by atoms with E-state index in [1.54, 1.807) is 6.92 Å². The zero-order valence-electron chi connectivity index (χ0n) is 7.73. The van der Waals surface area contributed by atoms with Crippen LogP contribution in [-0.2, 0) is 0 Å². The zero-order valence-corrected chi connectivity index (χ0v) is 7.73. The van der Waals surface area contributed by atoms with Crippen molar-refractivity contribution in [3.05, 3.63) is 5.69 Å². The van der Waals surface area contributed by atoms with Gasteiger partial charge in [-0.1, -0.05) is 6.92 Å². The minimum Gasteiger partial charge on any atom is -0.396 e. The zero-order chi connectivity index (χ0) is 10.6. The van der Waals surface area contributed by atoms with Gasteiger partial charge in [0.2, 0.25) is 11.5 Å². The third kappa shape index (κ3) is 2.43. The van der Waals surface area contributed by atoms with Crippen LogP contribution in [0.5, 0.6) is 0 Å². The lowest BCUT2D eigenvalue weighted by molar-refractivity contribution is 0.0933. The number of hydrogen-bond acceptors (Lipinski definition) is 6. The van der Waals surface area contributed by atoms with Gasteiger partial charge in [-0.3, -0.25) is 4.79 Å². The fraction of sp³-hybridized carbons (Fsp3) is 0.571. The van der Waals surface area contributed by atoms with Gasteiger partial charge in [0.05, 0.1) is 0 Å². The summed E-state index contributed by atoms with van der Waals surface area (Å²) in [6.45, 7) is 2.15. The summed E-state index contributed by atoms with van der Waals surface area (Å²) in [5, 5.41) is 17.8. The molecule has 0 saturated heterocycles. The fourth-order valence-electron chi connectivity index (χ4n) is 0.768. The molecule has 1 aromatic heterocycles. The van der Waals surface area contributed by atoms with Crippen molar-refractivity contribution in [1.82, 2.24) is 15.6 Å². The molecule has 0 fully saturated rings. The highest BCUT2D eigenvalue weighted by molar-refractivity contribution is 5.95. The summed E-state index contributed by atoms with van der Waals surface area (Å²) < 4.78 is 4.26. The van der Waals surface area contributed by atoms with Crippen LogP contribution in [-0.4, -0.2) is 34.5 Å². The summed E-state index contributed by atoms with van der Waals surface area (Å²) in [6.07, 6.45) is 0. The van der Waals surface area contributed by atoms with Crippen LogP contribution in [0.1, 0.15) is 17.4 Å². The Morgan fingerprint density at radius 3 is 2.93 bits per heavy atom. The number of nitrogens with one attached hydrogen (secondary N) is 1. The average Bonchev–Trinajstić information content (AvgIpc) is 2.60. The molecule has 0 aliphatic rings. The van der Waals surface area contributed by atoms with Gasteiger partial charge in [0.15, 0.2) is 0 Å². The van der Waals surface area contributed by atoms with E-state index in [1.165, 1.54) is 0 Å². The van der Waals surface area contributed by atoms with E-state index in [4.69, 9.17) is 10.8 Å². The van der Waals surface area contributed by atoms with E-state index < -0.39 is 5.91 Å². The van der Waals surface area contributed by atoms with Crippen LogP contribution in [0.2, 0.25) is 0 Å². The van der Waals surface area contributed by atoms with Gasteiger partial charge in [0.25, 0.3) is 5.91 Å². The molecule has 4 N–H and O–H groups in total. The van der Waals surface area contributed by atoms with E-state index >= 15 is 0 Å². The summed E-state index contributed by atoms with van der Waals surface area (Å²) >= 11 is 0. The summed E-state index contributed by atoms with van der Waals surface area (Å²) in [5.41, 5.74) is 5.27. The molecule has 0 spiro atoms. The van der Waals surface area contributed by atoms with Crippen molar-refractivity contribution in [2.24, 2.45) is 5.92 Å². The van der Waals surface area contributed by atoms with E-state index in [1.807, 2.05) is 0 Å². The Bertz CT molecular complexity index is 312. The Morgan fingerprint density at radius 2 is 2.43 bits per heavy atom. The van der Waals surface area contributed by atoms with Gasteiger partial charge in [-0.05, 0) is 16.2 Å². The summed E-state index contributed by atoms with van der Waals surface area (Å²) in [5.74, 6) is -0.511. The number of nitrogens with two attached hydrogens (primary N) is 1. The first-order chi connectivity index (χ1) is 6.65. The van der Waals surface area contributed by atoms with Gasteiger partial charge in [-0.15, -0.1) is 0 Å². The average molecular weight is 200 g/mol. The van der Waals surface area contributed by atoms with Crippen LogP contribution in [0.4, 0.5) is 5.82 Å². The predicted molar refractivity (Wildman–Crippen MR) is 47.3 cm³/mol. The van der Waals surface area contributed by atoms with Crippen LogP contribution in [0.15, 0.2) is 4.63 Å². The molecule has 0 radical (unpaired) electrons. The second-order valence-corrected chi connectivity index (χ2v) is 3.00.